The molecule has 2 bridgehead atoms. The molecule has 2 aliphatic carbocycles. The molecule has 0 radical (unpaired) electrons. The van der Waals surface area contributed by atoms with Crippen molar-refractivity contribution in [2.45, 2.75) is 65.2 Å². The fourth-order valence-corrected chi connectivity index (χ4v) is 7.15. The molecular formula is C35H44N2O3. The molecule has 0 saturated heterocycles. The maximum Gasteiger partial charge on any atom is 0.337 e. The lowest BCUT2D eigenvalue weighted by atomic mass is 9.57. The Bertz CT molecular complexity index is 1300. The first kappa shape index (κ1) is 28.1. The minimum atomic E-state index is -0.989. The summed E-state index contributed by atoms with van der Waals surface area (Å²) in [5.41, 5.74) is 5.54. The third kappa shape index (κ3) is 6.29. The molecule has 0 aromatic heterocycles. The molecule has 3 aromatic rings. The van der Waals surface area contributed by atoms with Gasteiger partial charge in [-0.3, -0.25) is 0 Å². The van der Waals surface area contributed by atoms with Crippen LogP contribution in [0.2, 0.25) is 0 Å². The maximum absolute atomic E-state index is 11.9. The van der Waals surface area contributed by atoms with Gasteiger partial charge >= 0.3 is 5.97 Å². The van der Waals surface area contributed by atoms with E-state index in [4.69, 9.17) is 4.74 Å². The number of nitrogens with zero attached hydrogens (tertiary/aromatic N) is 1. The van der Waals surface area contributed by atoms with Gasteiger partial charge in [-0.25, -0.2) is 4.79 Å². The highest BCUT2D eigenvalue weighted by molar-refractivity contribution is 5.95. The molecule has 40 heavy (non-hydrogen) atoms. The van der Waals surface area contributed by atoms with Gasteiger partial charge in [0.05, 0.1) is 17.9 Å². The van der Waals surface area contributed by atoms with Crippen LogP contribution in [0.1, 0.15) is 75.7 Å². The van der Waals surface area contributed by atoms with Crippen molar-refractivity contribution in [3.05, 3.63) is 77.9 Å². The van der Waals surface area contributed by atoms with Gasteiger partial charge in [-0.05, 0) is 121 Å². The van der Waals surface area contributed by atoms with Gasteiger partial charge in [-0.1, -0.05) is 39.8 Å². The Labute approximate surface area is 239 Å². The number of anilines is 4. The molecular weight excluding hydrogens is 496 g/mol. The molecule has 0 spiro atoms. The van der Waals surface area contributed by atoms with Gasteiger partial charge in [-0.2, -0.15) is 0 Å². The van der Waals surface area contributed by atoms with Gasteiger partial charge in [-0.15, -0.1) is 0 Å². The predicted molar refractivity (Wildman–Crippen MR) is 165 cm³/mol. The number of fused-ring (bicyclic) bond motifs is 2. The summed E-state index contributed by atoms with van der Waals surface area (Å²) in [6.45, 7) is 9.58. The number of carbonyl (C=O) groups is 1. The first-order valence-electron chi connectivity index (χ1n) is 14.8. The van der Waals surface area contributed by atoms with E-state index in [1.54, 1.807) is 12.1 Å². The summed E-state index contributed by atoms with van der Waals surface area (Å²) in [7, 11) is 2.09. The minimum absolute atomic E-state index is 0.187. The molecule has 2 aliphatic rings. The minimum Gasteiger partial charge on any atom is -0.493 e. The van der Waals surface area contributed by atoms with Crippen molar-refractivity contribution in [3.63, 3.8) is 0 Å². The van der Waals surface area contributed by atoms with Crippen LogP contribution in [0.25, 0.3) is 0 Å². The average molecular weight is 541 g/mol. The van der Waals surface area contributed by atoms with Crippen molar-refractivity contribution >= 4 is 28.7 Å². The summed E-state index contributed by atoms with van der Waals surface area (Å²) < 4.78 is 5.72. The van der Waals surface area contributed by atoms with Crippen molar-refractivity contribution < 1.29 is 14.6 Å². The Kier molecular flexibility index (Phi) is 8.11. The van der Waals surface area contributed by atoms with Gasteiger partial charge in [0.1, 0.15) is 5.75 Å². The number of nitrogens with one attached hydrogen (secondary N) is 1. The lowest BCUT2D eigenvalue weighted by molar-refractivity contribution is 0.0697. The number of hydrogen-bond acceptors (Lipinski definition) is 4. The lowest BCUT2D eigenvalue weighted by Gasteiger charge is -2.47. The van der Waals surface area contributed by atoms with Crippen molar-refractivity contribution in [3.8, 4) is 5.75 Å². The van der Waals surface area contributed by atoms with Crippen LogP contribution in [-0.2, 0) is 5.41 Å². The highest BCUT2D eigenvalue weighted by Crippen LogP contribution is 2.51. The molecule has 2 fully saturated rings. The number of carboxylic acid groups (broad SMARTS) is 1. The first-order chi connectivity index (χ1) is 19.1. The summed E-state index contributed by atoms with van der Waals surface area (Å²) >= 11 is 0. The largest absolute Gasteiger partial charge is 0.493 e. The number of hydrogen-bond donors (Lipinski definition) is 2. The third-order valence-corrected chi connectivity index (χ3v) is 8.91. The number of rotatable bonds is 9. The monoisotopic (exact) mass is 540 g/mol. The summed E-state index contributed by atoms with van der Waals surface area (Å²) in [6, 6.07) is 22.4. The Morgan fingerprint density at radius 3 is 2.15 bits per heavy atom. The fourth-order valence-electron chi connectivity index (χ4n) is 7.15. The Morgan fingerprint density at radius 2 is 1.57 bits per heavy atom. The van der Waals surface area contributed by atoms with Crippen LogP contribution < -0.4 is 15.0 Å². The third-order valence-electron chi connectivity index (χ3n) is 8.91. The van der Waals surface area contributed by atoms with Crippen LogP contribution in [0, 0.1) is 23.7 Å². The lowest BCUT2D eigenvalue weighted by Crippen LogP contribution is -2.38. The molecule has 5 rings (SSSR count). The van der Waals surface area contributed by atoms with E-state index in [-0.39, 0.29) is 11.0 Å². The number of benzene rings is 3. The van der Waals surface area contributed by atoms with Gasteiger partial charge < -0.3 is 20.1 Å². The maximum atomic E-state index is 11.9. The smallest absolute Gasteiger partial charge is 0.337 e. The van der Waals surface area contributed by atoms with E-state index in [1.807, 2.05) is 18.2 Å². The normalized spacial score (nSPS) is 24.0. The second kappa shape index (κ2) is 11.6. The van der Waals surface area contributed by atoms with E-state index in [0.29, 0.717) is 24.0 Å². The molecule has 212 valence electrons. The predicted octanol–water partition coefficient (Wildman–Crippen LogP) is 9.04. The molecule has 0 aliphatic heterocycles. The number of aromatic carboxylic acids is 1. The Morgan fingerprint density at radius 1 is 0.975 bits per heavy atom. The fraction of sp³-hybridized carbons (Fsp3) is 0.457. The molecule has 2 atom stereocenters. The van der Waals surface area contributed by atoms with Crippen LogP contribution >= 0.6 is 0 Å². The zero-order valence-electron chi connectivity index (χ0n) is 24.6. The number of ether oxygens (including phenoxy) is 1. The molecule has 0 heterocycles. The van der Waals surface area contributed by atoms with Crippen molar-refractivity contribution in [1.29, 1.82) is 0 Å². The van der Waals surface area contributed by atoms with Gasteiger partial charge in [0.2, 0.25) is 0 Å². The number of carboxylic acids is 1. The van der Waals surface area contributed by atoms with Crippen molar-refractivity contribution in [1.82, 2.24) is 0 Å². The second-order valence-electron chi connectivity index (χ2n) is 13.0. The second-order valence-corrected chi connectivity index (χ2v) is 13.0. The molecule has 3 aromatic carbocycles. The Hall–Kier alpha value is -3.47. The van der Waals surface area contributed by atoms with Crippen LogP contribution in [0.3, 0.4) is 0 Å². The van der Waals surface area contributed by atoms with E-state index < -0.39 is 5.97 Å². The molecule has 2 unspecified atom stereocenters. The summed E-state index contributed by atoms with van der Waals surface area (Å²) in [4.78, 5) is 14.1. The van der Waals surface area contributed by atoms with Gasteiger partial charge in [0.15, 0.2) is 0 Å². The average Bonchev–Trinajstić information content (AvgIpc) is 2.91. The summed E-state index contributed by atoms with van der Waals surface area (Å²) in [5.74, 6) is 2.59. The SMILES string of the molecule is CC(C)COc1ccc(Nc2ccc(N(C)c3ccc(C4(C)CC5CC(C)CC(C5)C4)cc3)cc2)c(C(=O)O)c1. The molecule has 0 amide bonds. The van der Waals surface area contributed by atoms with Crippen LogP contribution in [0.15, 0.2) is 66.7 Å². The van der Waals surface area contributed by atoms with E-state index >= 15 is 0 Å². The van der Waals surface area contributed by atoms with E-state index in [2.05, 4.69) is 81.4 Å². The summed E-state index contributed by atoms with van der Waals surface area (Å²) in [6.07, 6.45) is 6.85. The van der Waals surface area contributed by atoms with Crippen LogP contribution in [0.5, 0.6) is 5.75 Å². The van der Waals surface area contributed by atoms with E-state index in [9.17, 15) is 9.90 Å². The molecule has 5 heteroatoms. The van der Waals surface area contributed by atoms with E-state index in [0.717, 1.165) is 34.8 Å². The van der Waals surface area contributed by atoms with E-state index in [1.165, 1.54) is 37.7 Å². The first-order valence-corrected chi connectivity index (χ1v) is 14.8. The topological polar surface area (TPSA) is 61.8 Å². The quantitative estimate of drug-likeness (QED) is 0.283. The molecule has 2 saturated carbocycles. The van der Waals surface area contributed by atoms with Crippen molar-refractivity contribution in [2.24, 2.45) is 23.7 Å². The van der Waals surface area contributed by atoms with Crippen LogP contribution in [-0.4, -0.2) is 24.7 Å². The van der Waals surface area contributed by atoms with Crippen LogP contribution in [0.4, 0.5) is 22.7 Å². The highest BCUT2D eigenvalue weighted by Gasteiger charge is 2.41. The Balaban J connectivity index is 1.25. The molecule has 2 N–H and O–H groups in total. The van der Waals surface area contributed by atoms with Crippen molar-refractivity contribution in [2.75, 3.05) is 23.9 Å². The molecule has 5 nitrogen and oxygen atoms in total. The standard InChI is InChI=1S/C35H44N2O3/c1-23(2)22-40-31-14-15-33(32(19-31)34(38)39)36-28-8-12-30(13-9-28)37(5)29-10-6-27(7-11-29)35(4)20-25-16-24(3)17-26(18-25)21-35/h6-15,19,23-26,36H,16-18,20-22H2,1-5H3,(H,38,39). The van der Waals surface area contributed by atoms with Gasteiger partial charge in [0.25, 0.3) is 0 Å². The summed E-state index contributed by atoms with van der Waals surface area (Å²) in [5, 5.41) is 13.0. The highest BCUT2D eigenvalue weighted by atomic mass is 16.5. The van der Waals surface area contributed by atoms with Gasteiger partial charge in [0, 0.05) is 24.1 Å². The zero-order chi connectivity index (χ0) is 28.4. The zero-order valence-corrected chi connectivity index (χ0v) is 24.6.